The molecule has 0 atom stereocenters. The van der Waals surface area contributed by atoms with E-state index in [0.29, 0.717) is 0 Å². The smallest absolute Gasteiger partial charge is 0.00253 e. The average molecular weight is 180 g/mol. The van der Waals surface area contributed by atoms with Gasteiger partial charge in [0.1, 0.15) is 0 Å². The summed E-state index contributed by atoms with van der Waals surface area (Å²) < 4.78 is 0. The molecule has 68 valence electrons. The highest BCUT2D eigenvalue weighted by Gasteiger charge is 2.11. The van der Waals surface area contributed by atoms with Crippen LogP contribution in [0.3, 0.4) is 0 Å². The largest absolute Gasteiger partial charge is 0.0955 e. The van der Waals surface area contributed by atoms with E-state index >= 15 is 0 Å². The monoisotopic (exact) mass is 180 g/mol. The van der Waals surface area contributed by atoms with Crippen LogP contribution in [-0.4, -0.2) is 0 Å². The van der Waals surface area contributed by atoms with Gasteiger partial charge in [-0.25, -0.2) is 0 Å². The zero-order valence-electron chi connectivity index (χ0n) is 8.14. The van der Waals surface area contributed by atoms with E-state index in [1.807, 2.05) is 0 Å². The van der Waals surface area contributed by atoms with Crippen molar-refractivity contribution < 1.29 is 0 Å². The predicted molar refractivity (Wildman–Crippen MR) is 60.3 cm³/mol. The SMILES string of the molecule is C=C1C=c2cc3c(cc2C1)=CC(=C)C3. The summed E-state index contributed by atoms with van der Waals surface area (Å²) in [5.41, 5.74) is 5.28. The molecule has 0 heterocycles. The molecule has 0 saturated heterocycles. The van der Waals surface area contributed by atoms with Crippen LogP contribution in [0.2, 0.25) is 0 Å². The van der Waals surface area contributed by atoms with Crippen LogP contribution < -0.4 is 10.4 Å². The lowest BCUT2D eigenvalue weighted by Gasteiger charge is -1.97. The van der Waals surface area contributed by atoms with Crippen LogP contribution >= 0.6 is 0 Å². The maximum absolute atomic E-state index is 4.00. The number of fused-ring (bicyclic) bond motifs is 2. The van der Waals surface area contributed by atoms with Gasteiger partial charge in [-0.05, 0) is 34.4 Å². The minimum Gasteiger partial charge on any atom is -0.0955 e. The zero-order valence-corrected chi connectivity index (χ0v) is 8.14. The molecule has 0 aliphatic heterocycles. The predicted octanol–water partition coefficient (Wildman–Crippen LogP) is 1.47. The molecule has 0 spiro atoms. The first-order chi connectivity index (χ1) is 6.72. The van der Waals surface area contributed by atoms with Gasteiger partial charge in [-0.15, -0.1) is 0 Å². The number of benzene rings is 1. The summed E-state index contributed by atoms with van der Waals surface area (Å²) in [5.74, 6) is 0. The molecular formula is C14H12. The van der Waals surface area contributed by atoms with Crippen LogP contribution in [-0.2, 0) is 12.8 Å². The molecule has 1 aromatic rings. The fraction of sp³-hybridized carbons (Fsp3) is 0.143. The van der Waals surface area contributed by atoms with Crippen molar-refractivity contribution in [2.24, 2.45) is 0 Å². The molecule has 0 unspecified atom stereocenters. The van der Waals surface area contributed by atoms with Crippen LogP contribution in [0.25, 0.3) is 12.2 Å². The Balaban J connectivity index is 2.33. The Labute approximate surface area is 83.6 Å². The van der Waals surface area contributed by atoms with Gasteiger partial charge in [-0.3, -0.25) is 0 Å². The van der Waals surface area contributed by atoms with Crippen LogP contribution in [0.4, 0.5) is 0 Å². The van der Waals surface area contributed by atoms with Crippen molar-refractivity contribution in [1.29, 1.82) is 0 Å². The van der Waals surface area contributed by atoms with Crippen LogP contribution in [0.5, 0.6) is 0 Å². The summed E-state index contributed by atoms with van der Waals surface area (Å²) in [6.07, 6.45) is 6.42. The number of hydrogen-bond donors (Lipinski definition) is 0. The minimum absolute atomic E-state index is 1.02. The summed E-state index contributed by atoms with van der Waals surface area (Å²) in [6.45, 7) is 8.01. The van der Waals surface area contributed by atoms with Gasteiger partial charge in [0.15, 0.2) is 0 Å². The molecule has 14 heavy (non-hydrogen) atoms. The number of hydrogen-bond acceptors (Lipinski definition) is 0. The van der Waals surface area contributed by atoms with E-state index in [1.54, 1.807) is 0 Å². The van der Waals surface area contributed by atoms with Crippen molar-refractivity contribution in [2.45, 2.75) is 12.8 Å². The van der Waals surface area contributed by atoms with E-state index in [4.69, 9.17) is 0 Å². The molecule has 0 nitrogen and oxygen atoms in total. The first-order valence-corrected chi connectivity index (χ1v) is 4.93. The van der Waals surface area contributed by atoms with Gasteiger partial charge >= 0.3 is 0 Å². The lowest BCUT2D eigenvalue weighted by Crippen LogP contribution is -2.14. The summed E-state index contributed by atoms with van der Waals surface area (Å²) in [7, 11) is 0. The topological polar surface area (TPSA) is 0 Å². The van der Waals surface area contributed by atoms with Crippen molar-refractivity contribution in [3.8, 4) is 0 Å². The fourth-order valence-corrected chi connectivity index (χ4v) is 2.33. The van der Waals surface area contributed by atoms with Gasteiger partial charge in [-0.2, -0.15) is 0 Å². The molecule has 2 aliphatic rings. The molecule has 0 amide bonds. The standard InChI is InChI=1S/C14H12/c1-9-3-11-7-13-5-10(2)6-14(13)8-12(11)4-9/h3,6-8H,1-2,4-5H2. The van der Waals surface area contributed by atoms with Crippen molar-refractivity contribution >= 4 is 12.2 Å². The molecule has 0 N–H and O–H groups in total. The van der Waals surface area contributed by atoms with Crippen molar-refractivity contribution in [3.63, 3.8) is 0 Å². The number of rotatable bonds is 0. The van der Waals surface area contributed by atoms with E-state index in [0.717, 1.165) is 12.8 Å². The molecule has 0 saturated carbocycles. The molecular weight excluding hydrogens is 168 g/mol. The van der Waals surface area contributed by atoms with E-state index in [9.17, 15) is 0 Å². The summed E-state index contributed by atoms with van der Waals surface area (Å²) in [4.78, 5) is 0. The third kappa shape index (κ3) is 1.00. The Bertz CT molecular complexity index is 517. The van der Waals surface area contributed by atoms with Gasteiger partial charge in [0.05, 0.1) is 0 Å². The Hall–Kier alpha value is -1.56. The third-order valence-electron chi connectivity index (χ3n) is 2.96. The van der Waals surface area contributed by atoms with Crippen LogP contribution in [0.1, 0.15) is 11.1 Å². The number of allylic oxidation sites excluding steroid dienone is 2. The van der Waals surface area contributed by atoms with Gasteiger partial charge in [0.2, 0.25) is 0 Å². The Morgan fingerprint density at radius 3 is 1.64 bits per heavy atom. The van der Waals surface area contributed by atoms with Gasteiger partial charge in [0, 0.05) is 0 Å². The van der Waals surface area contributed by atoms with Gasteiger partial charge in [0.25, 0.3) is 0 Å². The second-order valence-electron chi connectivity index (χ2n) is 4.21. The van der Waals surface area contributed by atoms with E-state index in [-0.39, 0.29) is 0 Å². The molecule has 0 fully saturated rings. The van der Waals surface area contributed by atoms with Crippen LogP contribution in [0, 0.1) is 0 Å². The third-order valence-corrected chi connectivity index (χ3v) is 2.96. The van der Waals surface area contributed by atoms with Crippen molar-refractivity contribution in [1.82, 2.24) is 0 Å². The molecule has 1 aromatic carbocycles. The first kappa shape index (κ1) is 7.81. The Morgan fingerprint density at radius 1 is 0.786 bits per heavy atom. The highest BCUT2D eigenvalue weighted by molar-refractivity contribution is 5.60. The summed E-state index contributed by atoms with van der Waals surface area (Å²) in [5, 5.41) is 2.72. The molecule has 2 aliphatic carbocycles. The lowest BCUT2D eigenvalue weighted by atomic mass is 10.1. The van der Waals surface area contributed by atoms with Gasteiger partial charge < -0.3 is 0 Å². The second kappa shape index (κ2) is 2.48. The zero-order chi connectivity index (χ0) is 9.71. The second-order valence-corrected chi connectivity index (χ2v) is 4.21. The normalized spacial score (nSPS) is 17.4. The Morgan fingerprint density at radius 2 is 1.21 bits per heavy atom. The fourth-order valence-electron chi connectivity index (χ4n) is 2.33. The lowest BCUT2D eigenvalue weighted by molar-refractivity contribution is 1.20. The van der Waals surface area contributed by atoms with Crippen molar-refractivity contribution in [3.05, 3.63) is 58.0 Å². The molecule has 0 radical (unpaired) electrons. The molecule has 0 bridgehead atoms. The molecule has 0 heteroatoms. The summed E-state index contributed by atoms with van der Waals surface area (Å²) in [6, 6.07) is 4.58. The minimum atomic E-state index is 1.02. The van der Waals surface area contributed by atoms with E-state index in [1.165, 1.54) is 32.7 Å². The van der Waals surface area contributed by atoms with Gasteiger partial charge in [-0.1, -0.05) is 48.6 Å². The quantitative estimate of drug-likeness (QED) is 0.567. The van der Waals surface area contributed by atoms with Crippen LogP contribution in [0.15, 0.2) is 36.4 Å². The molecule has 0 aromatic heterocycles. The highest BCUT2D eigenvalue weighted by atomic mass is 14.2. The summed E-state index contributed by atoms with van der Waals surface area (Å²) >= 11 is 0. The van der Waals surface area contributed by atoms with E-state index < -0.39 is 0 Å². The molecule has 3 rings (SSSR count). The van der Waals surface area contributed by atoms with E-state index in [2.05, 4.69) is 37.4 Å². The Kier molecular flexibility index (Phi) is 1.38. The average Bonchev–Trinajstić information content (AvgIpc) is 2.59. The maximum Gasteiger partial charge on any atom is -0.00253 e. The van der Waals surface area contributed by atoms with Crippen molar-refractivity contribution in [2.75, 3.05) is 0 Å². The maximum atomic E-state index is 4.00. The highest BCUT2D eigenvalue weighted by Crippen LogP contribution is 2.14. The first-order valence-electron chi connectivity index (χ1n) is 4.93.